The third kappa shape index (κ3) is 2.70. The van der Waals surface area contributed by atoms with Crippen molar-refractivity contribution in [2.45, 2.75) is 42.7 Å². The molecule has 3 aliphatic rings. The molecule has 1 aliphatic heterocycles. The van der Waals surface area contributed by atoms with E-state index in [1.165, 1.54) is 13.2 Å². The van der Waals surface area contributed by atoms with Gasteiger partial charge in [-0.15, -0.1) is 0 Å². The molecule has 0 aromatic carbocycles. The summed E-state index contributed by atoms with van der Waals surface area (Å²) in [4.78, 5) is 11.7. The van der Waals surface area contributed by atoms with Crippen LogP contribution in [0, 0.1) is 11.8 Å². The first-order valence-electron chi connectivity index (χ1n) is 6.95. The van der Waals surface area contributed by atoms with Crippen LogP contribution in [0.25, 0.3) is 0 Å². The van der Waals surface area contributed by atoms with Gasteiger partial charge in [0.15, 0.2) is 0 Å². The molecule has 0 aromatic rings. The second-order valence-electron chi connectivity index (χ2n) is 5.64. The van der Waals surface area contributed by atoms with Crippen LogP contribution in [0.15, 0.2) is 22.8 Å². The maximum Gasteiger partial charge on any atom is 0.444 e. The summed E-state index contributed by atoms with van der Waals surface area (Å²) in [5.74, 6) is 4.65. The molecule has 124 valence electrons. The van der Waals surface area contributed by atoms with E-state index in [1.54, 1.807) is 0 Å². The van der Waals surface area contributed by atoms with E-state index in [-0.39, 0.29) is 17.0 Å². The van der Waals surface area contributed by atoms with E-state index in [4.69, 9.17) is 16.3 Å². The molecule has 0 radical (unpaired) electrons. The van der Waals surface area contributed by atoms with Crippen molar-refractivity contribution < 1.29 is 27.4 Å². The van der Waals surface area contributed by atoms with E-state index >= 15 is 0 Å². The Hall–Kier alpha value is -1.65. The summed E-state index contributed by atoms with van der Waals surface area (Å²) < 4.78 is 51.2. The number of halogens is 4. The summed E-state index contributed by atoms with van der Waals surface area (Å²) >= 11 is 5.86. The van der Waals surface area contributed by atoms with Gasteiger partial charge in [-0.1, -0.05) is 23.6 Å². The van der Waals surface area contributed by atoms with Gasteiger partial charge in [-0.3, -0.25) is 0 Å². The molecule has 4 nitrogen and oxygen atoms in total. The quantitative estimate of drug-likeness (QED) is 0.742. The van der Waals surface area contributed by atoms with Crippen LogP contribution in [0.2, 0.25) is 0 Å². The second kappa shape index (κ2) is 5.18. The fourth-order valence-electron chi connectivity index (χ4n) is 2.60. The molecular formula is C15H13ClF3NO3. The molecule has 0 aromatic heterocycles. The van der Waals surface area contributed by atoms with Crippen LogP contribution in [0.4, 0.5) is 18.0 Å². The highest BCUT2D eigenvalue weighted by Gasteiger charge is 2.64. The number of carbonyl (C=O) groups excluding carboxylic acids is 1. The summed E-state index contributed by atoms with van der Waals surface area (Å²) in [6, 6.07) is -0.854. The number of ether oxygens (including phenoxy) is 2. The van der Waals surface area contributed by atoms with Crippen molar-refractivity contribution in [3.8, 4) is 11.8 Å². The monoisotopic (exact) mass is 347 g/mol. The van der Waals surface area contributed by atoms with E-state index in [0.717, 1.165) is 6.08 Å². The Morgan fingerprint density at radius 1 is 1.43 bits per heavy atom. The summed E-state index contributed by atoms with van der Waals surface area (Å²) in [5, 5.41) is 2.51. The molecule has 1 N–H and O–H groups in total. The summed E-state index contributed by atoms with van der Waals surface area (Å²) in [7, 11) is 1.39. The smallest absolute Gasteiger partial charge is 0.416 e. The maximum atomic E-state index is 13.8. The number of allylic oxidation sites excluding steroid dienone is 2. The number of alkyl carbamates (subject to hydrolysis) is 1. The number of hydrogen-bond donors (Lipinski definition) is 1. The Kier molecular flexibility index (Phi) is 3.65. The van der Waals surface area contributed by atoms with Gasteiger partial charge in [0.1, 0.15) is 5.60 Å². The standard InChI is InChI=1S/C15H13ClF3NO3/c1-22-13(4-5-13)6-7-14(15(17,18)19)10-8-9(16)2-3-11(10)20-12(21)23-14/h2,8,11H,3-5H2,1H3,(H,20,21)/t11?,14-/m0/s1. The predicted octanol–water partition coefficient (Wildman–Crippen LogP) is 3.03. The molecule has 1 unspecified atom stereocenters. The van der Waals surface area contributed by atoms with Crippen molar-refractivity contribution in [1.29, 1.82) is 0 Å². The molecule has 0 bridgehead atoms. The topological polar surface area (TPSA) is 47.6 Å². The van der Waals surface area contributed by atoms with Gasteiger partial charge in [0.2, 0.25) is 0 Å². The molecule has 1 saturated carbocycles. The second-order valence-corrected chi connectivity index (χ2v) is 6.07. The minimum Gasteiger partial charge on any atom is -0.416 e. The highest BCUT2D eigenvalue weighted by Crippen LogP contribution is 2.46. The molecular weight excluding hydrogens is 335 g/mol. The van der Waals surface area contributed by atoms with Crippen molar-refractivity contribution in [3.05, 3.63) is 22.8 Å². The maximum absolute atomic E-state index is 13.8. The van der Waals surface area contributed by atoms with Crippen molar-refractivity contribution in [2.24, 2.45) is 0 Å². The van der Waals surface area contributed by atoms with Crippen LogP contribution in [0.3, 0.4) is 0 Å². The average Bonchev–Trinajstić information content (AvgIpc) is 3.25. The van der Waals surface area contributed by atoms with Gasteiger partial charge in [-0.25, -0.2) is 4.79 Å². The normalized spacial score (nSPS) is 31.5. The minimum atomic E-state index is -4.90. The number of methoxy groups -OCH3 is 1. The first-order chi connectivity index (χ1) is 10.7. The van der Waals surface area contributed by atoms with Crippen LogP contribution in [-0.4, -0.2) is 36.6 Å². The van der Waals surface area contributed by atoms with Crippen LogP contribution < -0.4 is 5.32 Å². The Labute approximate surface area is 135 Å². The van der Waals surface area contributed by atoms with Gasteiger partial charge in [0, 0.05) is 17.7 Å². The summed E-state index contributed by atoms with van der Waals surface area (Å²) in [6.07, 6.45) is -2.14. The van der Waals surface area contributed by atoms with Crippen molar-refractivity contribution >= 4 is 17.7 Å². The molecule has 2 aliphatic carbocycles. The fourth-order valence-corrected chi connectivity index (χ4v) is 2.81. The Bertz CT molecular complexity index is 670. The first-order valence-corrected chi connectivity index (χ1v) is 7.33. The van der Waals surface area contributed by atoms with Crippen molar-refractivity contribution in [1.82, 2.24) is 5.32 Å². The lowest BCUT2D eigenvalue weighted by atomic mass is 9.82. The third-order valence-corrected chi connectivity index (χ3v) is 4.39. The van der Waals surface area contributed by atoms with E-state index in [1.807, 2.05) is 0 Å². The lowest BCUT2D eigenvalue weighted by Crippen LogP contribution is -2.61. The van der Waals surface area contributed by atoms with E-state index in [0.29, 0.717) is 12.8 Å². The number of hydrogen-bond acceptors (Lipinski definition) is 3. The zero-order valence-corrected chi connectivity index (χ0v) is 12.8. The average molecular weight is 348 g/mol. The molecule has 0 spiro atoms. The number of nitrogens with one attached hydrogen (secondary N) is 1. The zero-order valence-electron chi connectivity index (χ0n) is 12.1. The van der Waals surface area contributed by atoms with Crippen LogP contribution in [0.1, 0.15) is 19.3 Å². The summed E-state index contributed by atoms with van der Waals surface area (Å²) in [6.45, 7) is 0. The number of alkyl halides is 3. The predicted molar refractivity (Wildman–Crippen MR) is 75.6 cm³/mol. The molecule has 2 atom stereocenters. The highest BCUT2D eigenvalue weighted by atomic mass is 35.5. The van der Waals surface area contributed by atoms with Crippen LogP contribution in [-0.2, 0) is 9.47 Å². The molecule has 23 heavy (non-hydrogen) atoms. The van der Waals surface area contributed by atoms with Crippen molar-refractivity contribution in [3.63, 3.8) is 0 Å². The lowest BCUT2D eigenvalue weighted by molar-refractivity contribution is -0.225. The lowest BCUT2D eigenvalue weighted by Gasteiger charge is -2.41. The molecule has 3 rings (SSSR count). The summed E-state index contributed by atoms with van der Waals surface area (Å²) in [5.41, 5.74) is -4.11. The molecule has 8 heteroatoms. The molecule has 2 fully saturated rings. The first kappa shape index (κ1) is 16.2. The van der Waals surface area contributed by atoms with Crippen LogP contribution in [0.5, 0.6) is 0 Å². The number of cyclic esters (lactones) is 1. The third-order valence-electron chi connectivity index (χ3n) is 4.12. The number of rotatable bonds is 1. The molecule has 1 amide bonds. The van der Waals surface area contributed by atoms with Crippen molar-refractivity contribution in [2.75, 3.05) is 7.11 Å². The minimum absolute atomic E-state index is 0.148. The van der Waals surface area contributed by atoms with E-state index < -0.39 is 29.5 Å². The van der Waals surface area contributed by atoms with E-state index in [2.05, 4.69) is 21.9 Å². The number of fused-ring (bicyclic) bond motifs is 1. The molecule has 1 heterocycles. The van der Waals surface area contributed by atoms with Gasteiger partial charge >= 0.3 is 12.3 Å². The van der Waals surface area contributed by atoms with Gasteiger partial charge in [-0.2, -0.15) is 13.2 Å². The Morgan fingerprint density at radius 3 is 2.70 bits per heavy atom. The Morgan fingerprint density at radius 2 is 2.13 bits per heavy atom. The highest BCUT2D eigenvalue weighted by molar-refractivity contribution is 6.31. The zero-order chi connectivity index (χ0) is 16.9. The largest absolute Gasteiger partial charge is 0.444 e. The number of carbonyl (C=O) groups is 1. The van der Waals surface area contributed by atoms with Gasteiger partial charge in [0.25, 0.3) is 5.60 Å². The van der Waals surface area contributed by atoms with E-state index in [9.17, 15) is 18.0 Å². The molecule has 1 saturated heterocycles. The Balaban J connectivity index is 2.13. The van der Waals surface area contributed by atoms with Gasteiger partial charge < -0.3 is 14.8 Å². The number of amides is 1. The fraction of sp³-hybridized carbons (Fsp3) is 0.533. The van der Waals surface area contributed by atoms with Gasteiger partial charge in [-0.05, 0) is 31.3 Å². The SMILES string of the molecule is COC1(C#C[C@]2(C(F)(F)F)OC(=O)NC3CC=C(Cl)C=C32)CC1. The van der Waals surface area contributed by atoms with Crippen LogP contribution >= 0.6 is 11.6 Å². The van der Waals surface area contributed by atoms with Gasteiger partial charge in [0.05, 0.1) is 6.04 Å².